The van der Waals surface area contributed by atoms with E-state index in [-0.39, 0.29) is 9.79 Å². The highest BCUT2D eigenvalue weighted by molar-refractivity contribution is 7.90. The lowest BCUT2D eigenvalue weighted by molar-refractivity contribution is 0.247. The standard InChI is InChI=1S/C13H19N3O4S2/c14-21(17,18)11-2-1-3-12(8-11)22(19,20)16-7-5-13-10(9-16)4-6-15-13/h1-3,8,10,13,15H,4-7,9H2,(H2,14,17,18). The van der Waals surface area contributed by atoms with Crippen LogP contribution < -0.4 is 10.5 Å². The van der Waals surface area contributed by atoms with Crippen molar-refractivity contribution in [3.8, 4) is 0 Å². The van der Waals surface area contributed by atoms with E-state index in [0.717, 1.165) is 25.5 Å². The quantitative estimate of drug-likeness (QED) is 0.782. The summed E-state index contributed by atoms with van der Waals surface area (Å²) in [6.07, 6.45) is 1.74. The van der Waals surface area contributed by atoms with Crippen molar-refractivity contribution in [2.24, 2.45) is 11.1 Å². The molecule has 1 aromatic carbocycles. The minimum absolute atomic E-state index is 0.0246. The number of nitrogens with zero attached hydrogens (tertiary/aromatic N) is 1. The van der Waals surface area contributed by atoms with Crippen LogP contribution in [0.15, 0.2) is 34.1 Å². The molecule has 0 spiro atoms. The highest BCUT2D eigenvalue weighted by Crippen LogP contribution is 2.29. The molecule has 9 heteroatoms. The predicted molar refractivity (Wildman–Crippen MR) is 81.1 cm³/mol. The highest BCUT2D eigenvalue weighted by atomic mass is 32.2. The SMILES string of the molecule is NS(=O)(=O)c1cccc(S(=O)(=O)N2CCC3NCCC3C2)c1. The first kappa shape index (κ1) is 15.9. The minimum Gasteiger partial charge on any atom is -0.314 e. The number of rotatable bonds is 3. The van der Waals surface area contributed by atoms with Gasteiger partial charge in [-0.15, -0.1) is 0 Å². The molecule has 122 valence electrons. The fourth-order valence-electron chi connectivity index (χ4n) is 3.19. The molecule has 0 aliphatic carbocycles. The maximum atomic E-state index is 12.7. The smallest absolute Gasteiger partial charge is 0.243 e. The van der Waals surface area contributed by atoms with Crippen molar-refractivity contribution in [1.29, 1.82) is 0 Å². The van der Waals surface area contributed by atoms with E-state index in [9.17, 15) is 16.8 Å². The van der Waals surface area contributed by atoms with Crippen molar-refractivity contribution in [2.75, 3.05) is 19.6 Å². The van der Waals surface area contributed by atoms with Crippen LogP contribution in [0.25, 0.3) is 0 Å². The third-order valence-electron chi connectivity index (χ3n) is 4.39. The Morgan fingerprint density at radius 3 is 2.59 bits per heavy atom. The molecule has 0 radical (unpaired) electrons. The molecule has 2 saturated heterocycles. The molecule has 2 aliphatic heterocycles. The second-order valence-corrected chi connectivity index (χ2v) is 9.28. The van der Waals surface area contributed by atoms with E-state index >= 15 is 0 Å². The van der Waals surface area contributed by atoms with Gasteiger partial charge >= 0.3 is 0 Å². The Labute approximate surface area is 130 Å². The van der Waals surface area contributed by atoms with Crippen LogP contribution >= 0.6 is 0 Å². The Morgan fingerprint density at radius 2 is 1.86 bits per heavy atom. The molecule has 2 fully saturated rings. The third kappa shape index (κ3) is 2.91. The zero-order valence-electron chi connectivity index (χ0n) is 12.0. The van der Waals surface area contributed by atoms with Crippen molar-refractivity contribution >= 4 is 20.0 Å². The number of nitrogens with two attached hydrogens (primary N) is 1. The second kappa shape index (κ2) is 5.57. The molecule has 0 bridgehead atoms. The number of sulfonamides is 2. The zero-order valence-corrected chi connectivity index (χ0v) is 13.6. The Balaban J connectivity index is 1.90. The number of nitrogens with one attached hydrogen (secondary N) is 1. The van der Waals surface area contributed by atoms with Crippen LogP contribution in [0.3, 0.4) is 0 Å². The predicted octanol–water partition coefficient (Wildman–Crippen LogP) is -0.293. The molecule has 22 heavy (non-hydrogen) atoms. The highest BCUT2D eigenvalue weighted by Gasteiger charge is 2.37. The van der Waals surface area contributed by atoms with Crippen LogP contribution in [0.1, 0.15) is 12.8 Å². The van der Waals surface area contributed by atoms with Gasteiger partial charge in [0.1, 0.15) is 0 Å². The lowest BCUT2D eigenvalue weighted by atomic mass is 9.95. The average Bonchev–Trinajstić information content (AvgIpc) is 2.94. The Morgan fingerprint density at radius 1 is 1.14 bits per heavy atom. The average molecular weight is 345 g/mol. The van der Waals surface area contributed by atoms with Crippen molar-refractivity contribution in [3.63, 3.8) is 0 Å². The molecule has 2 atom stereocenters. The largest absolute Gasteiger partial charge is 0.314 e. The first-order valence-electron chi connectivity index (χ1n) is 7.15. The van der Waals surface area contributed by atoms with Gasteiger partial charge in [-0.3, -0.25) is 0 Å². The molecule has 2 aliphatic rings. The normalized spacial score (nSPS) is 26.8. The number of fused-ring (bicyclic) bond motifs is 1. The van der Waals surface area contributed by atoms with E-state index in [0.29, 0.717) is 25.0 Å². The van der Waals surface area contributed by atoms with Crippen molar-refractivity contribution in [3.05, 3.63) is 24.3 Å². The van der Waals surface area contributed by atoms with Crippen molar-refractivity contribution in [1.82, 2.24) is 9.62 Å². The summed E-state index contributed by atoms with van der Waals surface area (Å²) in [5, 5.41) is 8.45. The monoisotopic (exact) mass is 345 g/mol. The van der Waals surface area contributed by atoms with Crippen molar-refractivity contribution in [2.45, 2.75) is 28.7 Å². The summed E-state index contributed by atoms with van der Waals surface area (Å²) in [4.78, 5) is -0.213. The summed E-state index contributed by atoms with van der Waals surface area (Å²) < 4.78 is 49.7. The second-order valence-electron chi connectivity index (χ2n) is 5.78. The van der Waals surface area contributed by atoms with Gasteiger partial charge in [0, 0.05) is 19.1 Å². The summed E-state index contributed by atoms with van der Waals surface area (Å²) in [5.74, 6) is 0.324. The number of primary sulfonamides is 1. The van der Waals surface area contributed by atoms with Crippen molar-refractivity contribution < 1.29 is 16.8 Å². The van der Waals surface area contributed by atoms with Gasteiger partial charge in [0.25, 0.3) is 0 Å². The van der Waals surface area contributed by atoms with Gasteiger partial charge in [-0.2, -0.15) is 4.31 Å². The lowest BCUT2D eigenvalue weighted by Gasteiger charge is -2.34. The van der Waals surface area contributed by atoms with Gasteiger partial charge in [-0.1, -0.05) is 6.07 Å². The van der Waals surface area contributed by atoms with E-state index in [4.69, 9.17) is 5.14 Å². The van der Waals surface area contributed by atoms with Gasteiger partial charge in [0.05, 0.1) is 9.79 Å². The number of benzene rings is 1. The van der Waals surface area contributed by atoms with E-state index in [1.165, 1.54) is 22.5 Å². The Hall–Kier alpha value is -1.00. The van der Waals surface area contributed by atoms with Gasteiger partial charge in [0.2, 0.25) is 20.0 Å². The molecular formula is C13H19N3O4S2. The molecule has 2 unspecified atom stereocenters. The summed E-state index contributed by atoms with van der Waals surface area (Å²) in [6, 6.07) is 5.62. The third-order valence-corrected chi connectivity index (χ3v) is 7.16. The summed E-state index contributed by atoms with van der Waals surface area (Å²) in [6.45, 7) is 1.83. The van der Waals surface area contributed by atoms with E-state index in [1.54, 1.807) is 0 Å². The van der Waals surface area contributed by atoms with Crippen LogP contribution in [0.2, 0.25) is 0 Å². The lowest BCUT2D eigenvalue weighted by Crippen LogP contribution is -2.46. The van der Waals surface area contributed by atoms with Gasteiger partial charge in [-0.05, 0) is 43.5 Å². The van der Waals surface area contributed by atoms with Gasteiger partial charge in [-0.25, -0.2) is 22.0 Å². The summed E-state index contributed by atoms with van der Waals surface area (Å²) in [7, 11) is -7.62. The molecule has 0 aromatic heterocycles. The molecule has 2 heterocycles. The number of piperidine rings is 1. The Bertz CT molecular complexity index is 776. The topological polar surface area (TPSA) is 110 Å². The minimum atomic E-state index is -3.92. The van der Waals surface area contributed by atoms with E-state index in [1.807, 2.05) is 0 Å². The maximum absolute atomic E-state index is 12.7. The summed E-state index contributed by atoms with van der Waals surface area (Å²) >= 11 is 0. The molecule has 3 N–H and O–H groups in total. The van der Waals surface area contributed by atoms with Crippen LogP contribution in [-0.4, -0.2) is 46.8 Å². The fourth-order valence-corrected chi connectivity index (χ4v) is 5.39. The molecular weight excluding hydrogens is 326 g/mol. The van der Waals surface area contributed by atoms with E-state index < -0.39 is 20.0 Å². The number of hydrogen-bond donors (Lipinski definition) is 2. The molecule has 0 amide bonds. The van der Waals surface area contributed by atoms with Crippen LogP contribution in [-0.2, 0) is 20.0 Å². The first-order valence-corrected chi connectivity index (χ1v) is 10.1. The molecule has 0 saturated carbocycles. The fraction of sp³-hybridized carbons (Fsp3) is 0.538. The maximum Gasteiger partial charge on any atom is 0.243 e. The molecule has 7 nitrogen and oxygen atoms in total. The molecule has 3 rings (SSSR count). The van der Waals surface area contributed by atoms with Crippen LogP contribution in [0.5, 0.6) is 0 Å². The molecule has 1 aromatic rings. The number of hydrogen-bond acceptors (Lipinski definition) is 5. The van der Waals surface area contributed by atoms with Crippen LogP contribution in [0, 0.1) is 5.92 Å². The summed E-state index contributed by atoms with van der Waals surface area (Å²) in [5.41, 5.74) is 0. The zero-order chi connectivity index (χ0) is 16.0. The van der Waals surface area contributed by atoms with Gasteiger partial charge in [0.15, 0.2) is 0 Å². The van der Waals surface area contributed by atoms with E-state index in [2.05, 4.69) is 5.32 Å². The van der Waals surface area contributed by atoms with Crippen LogP contribution in [0.4, 0.5) is 0 Å². The Kier molecular flexibility index (Phi) is 4.02. The first-order chi connectivity index (χ1) is 10.3. The van der Waals surface area contributed by atoms with Gasteiger partial charge < -0.3 is 5.32 Å².